The van der Waals surface area contributed by atoms with Gasteiger partial charge in [0.1, 0.15) is 5.01 Å². The standard InChI is InChI=1S/C16H15N7OS2/c1-9-5-4-6-13(10(9)2)22-16(18-20-21-22)25-8-12-7-14(24)23-15(17-12)26-11(3)19-23/h4-7H,8H2,1-3H3. The van der Waals surface area contributed by atoms with Gasteiger partial charge in [-0.15, -0.1) is 5.10 Å². The largest absolute Gasteiger partial charge is 0.275 e. The van der Waals surface area contributed by atoms with Crippen molar-refractivity contribution in [3.05, 3.63) is 56.4 Å². The fraction of sp³-hybridized carbons (Fsp3) is 0.250. The molecule has 0 spiro atoms. The van der Waals surface area contributed by atoms with E-state index in [0.717, 1.165) is 16.3 Å². The second kappa shape index (κ2) is 6.61. The lowest BCUT2D eigenvalue weighted by Crippen LogP contribution is -2.15. The van der Waals surface area contributed by atoms with E-state index in [1.807, 2.05) is 26.0 Å². The van der Waals surface area contributed by atoms with Crippen molar-refractivity contribution in [2.75, 3.05) is 0 Å². The minimum absolute atomic E-state index is 0.177. The molecule has 0 saturated heterocycles. The van der Waals surface area contributed by atoms with Crippen LogP contribution in [0.3, 0.4) is 0 Å². The lowest BCUT2D eigenvalue weighted by molar-refractivity contribution is 0.750. The van der Waals surface area contributed by atoms with E-state index in [9.17, 15) is 4.79 Å². The average Bonchev–Trinajstić information content (AvgIpc) is 3.21. The molecular weight excluding hydrogens is 370 g/mol. The molecule has 0 N–H and O–H groups in total. The number of benzene rings is 1. The van der Waals surface area contributed by atoms with Crippen LogP contribution >= 0.6 is 23.1 Å². The summed E-state index contributed by atoms with van der Waals surface area (Å²) < 4.78 is 3.05. The van der Waals surface area contributed by atoms with Crippen LogP contribution in [0.2, 0.25) is 0 Å². The molecule has 3 aromatic heterocycles. The van der Waals surface area contributed by atoms with E-state index in [-0.39, 0.29) is 5.56 Å². The lowest BCUT2D eigenvalue weighted by Gasteiger charge is -2.09. The Morgan fingerprint density at radius 1 is 1.23 bits per heavy atom. The first-order valence-electron chi connectivity index (χ1n) is 7.87. The van der Waals surface area contributed by atoms with Crippen LogP contribution in [0, 0.1) is 20.8 Å². The molecule has 4 rings (SSSR count). The molecule has 0 saturated carbocycles. The van der Waals surface area contributed by atoms with E-state index in [2.05, 4.69) is 38.6 Å². The summed E-state index contributed by atoms with van der Waals surface area (Å²) in [7, 11) is 0. The molecule has 0 aliphatic carbocycles. The Morgan fingerprint density at radius 3 is 2.92 bits per heavy atom. The van der Waals surface area contributed by atoms with E-state index >= 15 is 0 Å². The molecule has 0 fully saturated rings. The maximum atomic E-state index is 12.2. The zero-order chi connectivity index (χ0) is 18.3. The van der Waals surface area contributed by atoms with Crippen LogP contribution in [0.15, 0.2) is 34.2 Å². The Labute approximate surface area is 156 Å². The smallest absolute Gasteiger partial charge is 0.267 e. The van der Waals surface area contributed by atoms with Crippen molar-refractivity contribution in [3.63, 3.8) is 0 Å². The highest BCUT2D eigenvalue weighted by molar-refractivity contribution is 7.98. The van der Waals surface area contributed by atoms with Crippen LogP contribution < -0.4 is 5.56 Å². The van der Waals surface area contributed by atoms with Crippen molar-refractivity contribution in [3.8, 4) is 5.69 Å². The molecule has 8 nitrogen and oxygen atoms in total. The van der Waals surface area contributed by atoms with Gasteiger partial charge >= 0.3 is 0 Å². The lowest BCUT2D eigenvalue weighted by atomic mass is 10.1. The van der Waals surface area contributed by atoms with Crippen molar-refractivity contribution < 1.29 is 0 Å². The molecule has 26 heavy (non-hydrogen) atoms. The molecule has 1 aromatic carbocycles. The summed E-state index contributed by atoms with van der Waals surface area (Å²) in [5.74, 6) is 0.494. The van der Waals surface area contributed by atoms with Crippen molar-refractivity contribution >= 4 is 28.1 Å². The second-order valence-corrected chi connectivity index (χ2v) is 7.88. The van der Waals surface area contributed by atoms with Gasteiger partial charge in [0, 0.05) is 11.8 Å². The van der Waals surface area contributed by atoms with Crippen LogP contribution in [0.1, 0.15) is 21.8 Å². The summed E-state index contributed by atoms with van der Waals surface area (Å²) in [6.45, 7) is 5.95. The summed E-state index contributed by atoms with van der Waals surface area (Å²) in [6, 6.07) is 7.53. The van der Waals surface area contributed by atoms with Gasteiger partial charge in [-0.1, -0.05) is 35.2 Å². The predicted molar refractivity (Wildman–Crippen MR) is 100 cm³/mol. The van der Waals surface area contributed by atoms with E-state index in [0.29, 0.717) is 21.6 Å². The number of thioether (sulfide) groups is 1. The van der Waals surface area contributed by atoms with E-state index in [1.54, 1.807) is 4.68 Å². The number of hydrogen-bond donors (Lipinski definition) is 0. The zero-order valence-electron chi connectivity index (χ0n) is 14.4. The first kappa shape index (κ1) is 16.9. The number of rotatable bonds is 4. The Hall–Kier alpha value is -2.59. The monoisotopic (exact) mass is 385 g/mol. The fourth-order valence-electron chi connectivity index (χ4n) is 2.55. The Bertz CT molecular complexity index is 1160. The van der Waals surface area contributed by atoms with Crippen LogP contribution in [0.25, 0.3) is 10.6 Å². The number of aromatic nitrogens is 7. The van der Waals surface area contributed by atoms with Crippen molar-refractivity contribution in [2.24, 2.45) is 0 Å². The summed E-state index contributed by atoms with van der Waals surface area (Å²) in [5.41, 5.74) is 3.75. The maximum Gasteiger partial charge on any atom is 0.275 e. The number of fused-ring (bicyclic) bond motifs is 1. The predicted octanol–water partition coefficient (Wildman–Crippen LogP) is 2.34. The topological polar surface area (TPSA) is 90.9 Å². The highest BCUT2D eigenvalue weighted by atomic mass is 32.2. The highest BCUT2D eigenvalue weighted by Crippen LogP contribution is 2.24. The summed E-state index contributed by atoms with van der Waals surface area (Å²) in [4.78, 5) is 17.3. The van der Waals surface area contributed by atoms with E-state index < -0.39 is 0 Å². The summed E-state index contributed by atoms with van der Waals surface area (Å²) in [6.07, 6.45) is 0. The summed E-state index contributed by atoms with van der Waals surface area (Å²) in [5, 5.41) is 17.6. The third-order valence-corrected chi connectivity index (χ3v) is 5.77. The van der Waals surface area contributed by atoms with Crippen molar-refractivity contribution in [1.82, 2.24) is 34.8 Å². The van der Waals surface area contributed by atoms with Gasteiger partial charge in [-0.2, -0.15) is 14.3 Å². The normalized spacial score (nSPS) is 11.3. The minimum atomic E-state index is -0.177. The molecule has 0 radical (unpaired) electrons. The minimum Gasteiger partial charge on any atom is -0.267 e. The Kier molecular flexibility index (Phi) is 4.29. The van der Waals surface area contributed by atoms with Gasteiger partial charge in [-0.3, -0.25) is 4.79 Å². The number of tetrazole rings is 1. The quantitative estimate of drug-likeness (QED) is 0.498. The van der Waals surface area contributed by atoms with Gasteiger partial charge in [-0.25, -0.2) is 4.98 Å². The molecule has 0 atom stereocenters. The fourth-order valence-corrected chi connectivity index (χ4v) is 4.09. The summed E-state index contributed by atoms with van der Waals surface area (Å²) >= 11 is 2.83. The van der Waals surface area contributed by atoms with Crippen molar-refractivity contribution in [2.45, 2.75) is 31.7 Å². The highest BCUT2D eigenvalue weighted by Gasteiger charge is 2.13. The molecule has 0 aliphatic heterocycles. The first-order chi connectivity index (χ1) is 12.5. The van der Waals surface area contributed by atoms with Crippen LogP contribution in [-0.4, -0.2) is 34.8 Å². The molecule has 0 aliphatic rings. The van der Waals surface area contributed by atoms with Gasteiger partial charge < -0.3 is 0 Å². The molecule has 0 amide bonds. The van der Waals surface area contributed by atoms with Crippen molar-refractivity contribution in [1.29, 1.82) is 0 Å². The first-order valence-corrected chi connectivity index (χ1v) is 9.67. The molecule has 0 bridgehead atoms. The molecule has 132 valence electrons. The molecule has 3 heterocycles. The number of hydrogen-bond acceptors (Lipinski definition) is 8. The van der Waals surface area contributed by atoms with Gasteiger partial charge in [0.2, 0.25) is 10.1 Å². The third kappa shape index (κ3) is 3.01. The number of nitrogens with zero attached hydrogens (tertiary/aromatic N) is 7. The van der Waals surface area contributed by atoms with Gasteiger partial charge in [-0.05, 0) is 48.4 Å². The van der Waals surface area contributed by atoms with E-state index in [1.165, 1.54) is 39.2 Å². The maximum absolute atomic E-state index is 12.2. The Balaban J connectivity index is 1.63. The van der Waals surface area contributed by atoms with Crippen LogP contribution in [-0.2, 0) is 5.75 Å². The van der Waals surface area contributed by atoms with Crippen LogP contribution in [0.5, 0.6) is 0 Å². The van der Waals surface area contributed by atoms with Crippen LogP contribution in [0.4, 0.5) is 0 Å². The van der Waals surface area contributed by atoms with Gasteiger partial charge in [0.05, 0.1) is 11.4 Å². The van der Waals surface area contributed by atoms with Gasteiger partial charge in [0.15, 0.2) is 0 Å². The third-order valence-electron chi connectivity index (χ3n) is 3.99. The average molecular weight is 385 g/mol. The number of aryl methyl sites for hydroxylation is 2. The molecule has 4 aromatic rings. The molecule has 10 heteroatoms. The van der Waals surface area contributed by atoms with E-state index in [4.69, 9.17) is 0 Å². The van der Waals surface area contributed by atoms with Gasteiger partial charge in [0.25, 0.3) is 5.56 Å². The zero-order valence-corrected chi connectivity index (χ0v) is 16.0. The molecule has 0 unspecified atom stereocenters. The molecular formula is C16H15N7OS2. The Morgan fingerprint density at radius 2 is 2.08 bits per heavy atom. The second-order valence-electron chi connectivity index (χ2n) is 5.78. The SMILES string of the molecule is Cc1nn2c(=O)cc(CSc3nnnn3-c3cccc(C)c3C)nc2s1.